The smallest absolute Gasteiger partial charge is 0.323 e. The highest BCUT2D eigenvalue weighted by molar-refractivity contribution is 5.25. The summed E-state index contributed by atoms with van der Waals surface area (Å²) >= 11 is 0. The number of hydrogen-bond donors (Lipinski definition) is 1. The SMILES string of the molecule is CC1CC=CCC1COc1nc(N)nc(-n2ccnc2)n1. The Balaban J connectivity index is 1.72. The molecule has 7 heteroatoms. The molecule has 0 amide bonds. The Labute approximate surface area is 122 Å². The van der Waals surface area contributed by atoms with Gasteiger partial charge in [-0.3, -0.25) is 4.57 Å². The predicted octanol–water partition coefficient (Wildman–Crippen LogP) is 1.62. The van der Waals surface area contributed by atoms with Gasteiger partial charge in [0.2, 0.25) is 11.9 Å². The molecule has 21 heavy (non-hydrogen) atoms. The zero-order valence-corrected chi connectivity index (χ0v) is 11.9. The lowest BCUT2D eigenvalue weighted by atomic mass is 9.85. The molecule has 2 heterocycles. The van der Waals surface area contributed by atoms with Gasteiger partial charge in [-0.1, -0.05) is 19.1 Å². The van der Waals surface area contributed by atoms with Crippen molar-refractivity contribution in [2.24, 2.45) is 11.8 Å². The minimum atomic E-state index is 0.139. The molecule has 110 valence electrons. The van der Waals surface area contributed by atoms with Crippen molar-refractivity contribution in [3.8, 4) is 12.0 Å². The molecule has 0 bridgehead atoms. The van der Waals surface area contributed by atoms with Gasteiger partial charge in [-0.25, -0.2) is 4.98 Å². The van der Waals surface area contributed by atoms with Gasteiger partial charge in [-0.05, 0) is 24.7 Å². The monoisotopic (exact) mass is 286 g/mol. The van der Waals surface area contributed by atoms with Crippen LogP contribution in [-0.2, 0) is 0 Å². The summed E-state index contributed by atoms with van der Waals surface area (Å²) in [7, 11) is 0. The number of imidazole rings is 1. The Kier molecular flexibility index (Phi) is 3.81. The first-order chi connectivity index (χ1) is 10.2. The maximum absolute atomic E-state index is 5.73. The Morgan fingerprint density at radius 1 is 1.29 bits per heavy atom. The highest BCUT2D eigenvalue weighted by Crippen LogP contribution is 2.25. The van der Waals surface area contributed by atoms with Crippen LogP contribution in [0.5, 0.6) is 6.01 Å². The van der Waals surface area contributed by atoms with E-state index in [-0.39, 0.29) is 12.0 Å². The van der Waals surface area contributed by atoms with Gasteiger partial charge in [-0.15, -0.1) is 0 Å². The number of nitrogens with two attached hydrogens (primary N) is 1. The number of nitrogens with zero attached hydrogens (tertiary/aromatic N) is 5. The van der Waals surface area contributed by atoms with Crippen molar-refractivity contribution in [1.82, 2.24) is 24.5 Å². The van der Waals surface area contributed by atoms with E-state index in [1.54, 1.807) is 23.3 Å². The maximum atomic E-state index is 5.73. The molecule has 0 fully saturated rings. The lowest BCUT2D eigenvalue weighted by molar-refractivity contribution is 0.186. The second-order valence-electron chi connectivity index (χ2n) is 5.24. The van der Waals surface area contributed by atoms with E-state index < -0.39 is 0 Å². The minimum Gasteiger partial charge on any atom is -0.463 e. The summed E-state index contributed by atoms with van der Waals surface area (Å²) in [5.74, 6) is 1.62. The van der Waals surface area contributed by atoms with Crippen molar-refractivity contribution in [3.63, 3.8) is 0 Å². The minimum absolute atomic E-state index is 0.139. The normalized spacial score (nSPS) is 21.4. The van der Waals surface area contributed by atoms with E-state index in [0.29, 0.717) is 24.4 Å². The molecule has 2 aromatic rings. The fourth-order valence-electron chi connectivity index (χ4n) is 2.34. The molecule has 0 saturated heterocycles. The van der Waals surface area contributed by atoms with Gasteiger partial charge in [-0.2, -0.15) is 15.0 Å². The number of allylic oxidation sites excluding steroid dienone is 2. The van der Waals surface area contributed by atoms with E-state index >= 15 is 0 Å². The van der Waals surface area contributed by atoms with E-state index in [4.69, 9.17) is 10.5 Å². The van der Waals surface area contributed by atoms with E-state index in [0.717, 1.165) is 12.8 Å². The second kappa shape index (κ2) is 5.90. The Morgan fingerprint density at radius 3 is 2.90 bits per heavy atom. The van der Waals surface area contributed by atoms with Crippen LogP contribution in [0.25, 0.3) is 5.95 Å². The van der Waals surface area contributed by atoms with Crippen LogP contribution >= 0.6 is 0 Å². The van der Waals surface area contributed by atoms with Crippen molar-refractivity contribution in [2.45, 2.75) is 19.8 Å². The lowest BCUT2D eigenvalue weighted by Crippen LogP contribution is -2.22. The molecule has 7 nitrogen and oxygen atoms in total. The summed E-state index contributed by atoms with van der Waals surface area (Å²) in [5.41, 5.74) is 5.71. The number of nitrogen functional groups attached to an aromatic ring is 1. The van der Waals surface area contributed by atoms with Crippen molar-refractivity contribution in [2.75, 3.05) is 12.3 Å². The molecule has 0 spiro atoms. The first-order valence-corrected chi connectivity index (χ1v) is 7.00. The average molecular weight is 286 g/mol. The topological polar surface area (TPSA) is 91.7 Å². The summed E-state index contributed by atoms with van der Waals surface area (Å²) < 4.78 is 7.39. The van der Waals surface area contributed by atoms with Gasteiger partial charge >= 0.3 is 6.01 Å². The molecular weight excluding hydrogens is 268 g/mol. The van der Waals surface area contributed by atoms with E-state index in [1.165, 1.54) is 0 Å². The van der Waals surface area contributed by atoms with Crippen LogP contribution in [-0.4, -0.2) is 31.1 Å². The zero-order valence-electron chi connectivity index (χ0n) is 11.9. The summed E-state index contributed by atoms with van der Waals surface area (Å²) in [5, 5.41) is 0. The van der Waals surface area contributed by atoms with Gasteiger partial charge in [0.05, 0.1) is 6.61 Å². The van der Waals surface area contributed by atoms with Crippen LogP contribution in [0.15, 0.2) is 30.9 Å². The Hall–Kier alpha value is -2.44. The summed E-state index contributed by atoms with van der Waals surface area (Å²) in [4.78, 5) is 16.3. The first-order valence-electron chi connectivity index (χ1n) is 7.00. The molecule has 1 aliphatic carbocycles. The molecule has 0 aromatic carbocycles. The van der Waals surface area contributed by atoms with Crippen molar-refractivity contribution < 1.29 is 4.74 Å². The van der Waals surface area contributed by atoms with Gasteiger partial charge in [0, 0.05) is 12.4 Å². The lowest BCUT2D eigenvalue weighted by Gasteiger charge is -2.24. The highest BCUT2D eigenvalue weighted by Gasteiger charge is 2.19. The molecule has 2 N–H and O–H groups in total. The molecule has 1 aliphatic rings. The quantitative estimate of drug-likeness (QED) is 0.859. The van der Waals surface area contributed by atoms with E-state index in [9.17, 15) is 0 Å². The molecule has 2 aromatic heterocycles. The Morgan fingerprint density at radius 2 is 2.14 bits per heavy atom. The number of ether oxygens (including phenoxy) is 1. The number of anilines is 1. The van der Waals surface area contributed by atoms with Crippen LogP contribution in [0.2, 0.25) is 0 Å². The van der Waals surface area contributed by atoms with Gasteiger partial charge < -0.3 is 10.5 Å². The molecule has 2 atom stereocenters. The van der Waals surface area contributed by atoms with Gasteiger partial charge in [0.1, 0.15) is 6.33 Å². The van der Waals surface area contributed by atoms with E-state index in [2.05, 4.69) is 39.0 Å². The number of rotatable bonds is 4. The summed E-state index contributed by atoms with van der Waals surface area (Å²) in [6, 6.07) is 0.257. The van der Waals surface area contributed by atoms with Crippen LogP contribution in [0.3, 0.4) is 0 Å². The molecule has 0 aliphatic heterocycles. The third-order valence-corrected chi connectivity index (χ3v) is 3.70. The Bertz CT molecular complexity index is 624. The van der Waals surface area contributed by atoms with Crippen LogP contribution in [0.4, 0.5) is 5.95 Å². The average Bonchev–Trinajstić information content (AvgIpc) is 3.00. The second-order valence-corrected chi connectivity index (χ2v) is 5.24. The van der Waals surface area contributed by atoms with Gasteiger partial charge in [0.25, 0.3) is 0 Å². The zero-order chi connectivity index (χ0) is 14.7. The first kappa shape index (κ1) is 13.5. The van der Waals surface area contributed by atoms with E-state index in [1.807, 2.05) is 0 Å². The van der Waals surface area contributed by atoms with Crippen molar-refractivity contribution in [1.29, 1.82) is 0 Å². The molecule has 2 unspecified atom stereocenters. The molecule has 3 rings (SSSR count). The third kappa shape index (κ3) is 3.18. The largest absolute Gasteiger partial charge is 0.463 e. The number of hydrogen-bond acceptors (Lipinski definition) is 6. The van der Waals surface area contributed by atoms with Gasteiger partial charge in [0.15, 0.2) is 0 Å². The molecule has 0 radical (unpaired) electrons. The van der Waals surface area contributed by atoms with Crippen LogP contribution in [0, 0.1) is 11.8 Å². The summed E-state index contributed by atoms with van der Waals surface area (Å²) in [6.07, 6.45) is 11.5. The third-order valence-electron chi connectivity index (χ3n) is 3.70. The highest BCUT2D eigenvalue weighted by atomic mass is 16.5. The predicted molar refractivity (Wildman–Crippen MR) is 77.9 cm³/mol. The van der Waals surface area contributed by atoms with Crippen molar-refractivity contribution in [3.05, 3.63) is 30.9 Å². The van der Waals surface area contributed by atoms with Crippen molar-refractivity contribution >= 4 is 5.95 Å². The fraction of sp³-hybridized carbons (Fsp3) is 0.429. The molecular formula is C14H18N6O. The standard InChI is InChI=1S/C14H18N6O/c1-10-4-2-3-5-11(10)8-21-14-18-12(15)17-13(19-14)20-7-6-16-9-20/h2-3,6-7,9-11H,4-5,8H2,1H3,(H2,15,17,18,19). The maximum Gasteiger partial charge on any atom is 0.323 e. The van der Waals surface area contributed by atoms with Crippen LogP contribution < -0.4 is 10.5 Å². The number of aromatic nitrogens is 5. The summed E-state index contributed by atoms with van der Waals surface area (Å²) in [6.45, 7) is 2.81. The molecule has 0 saturated carbocycles. The van der Waals surface area contributed by atoms with Crippen LogP contribution in [0.1, 0.15) is 19.8 Å². The fourth-order valence-corrected chi connectivity index (χ4v) is 2.34.